The average molecular weight is 232 g/mol. The monoisotopic (exact) mass is 232 g/mol. The minimum atomic E-state index is -0.611. The Labute approximate surface area is 98.0 Å². The van der Waals surface area contributed by atoms with E-state index < -0.39 is 12.1 Å². The molecule has 1 aromatic carbocycles. The smallest absolute Gasteiger partial charge is 0.256 e. The van der Waals surface area contributed by atoms with Crippen LogP contribution < -0.4 is 5.32 Å². The zero-order chi connectivity index (χ0) is 12.0. The number of hydrogen-bond donors (Lipinski definition) is 2. The second-order valence-corrected chi connectivity index (χ2v) is 4.40. The zero-order valence-electron chi connectivity index (χ0n) is 9.09. The highest BCUT2D eigenvalue weighted by Gasteiger charge is 2.41. The quantitative estimate of drug-likeness (QED) is 0.672. The van der Waals surface area contributed by atoms with Gasteiger partial charge in [0.05, 0.1) is 17.4 Å². The summed E-state index contributed by atoms with van der Waals surface area (Å²) in [4.78, 5) is 25.6. The number of aliphatic hydroxyl groups is 1. The Morgan fingerprint density at radius 1 is 1.29 bits per heavy atom. The number of amides is 2. The number of aliphatic hydroxyl groups excluding tert-OH is 1. The molecule has 0 saturated carbocycles. The largest absolute Gasteiger partial charge is 0.391 e. The summed E-state index contributed by atoms with van der Waals surface area (Å²) in [5.41, 5.74) is 1.03. The van der Waals surface area contributed by atoms with Crippen LogP contribution >= 0.6 is 0 Å². The van der Waals surface area contributed by atoms with Crippen LogP contribution in [0.2, 0.25) is 0 Å². The molecule has 1 saturated heterocycles. The molecule has 0 spiro atoms. The number of carbonyl (C=O) groups is 2. The minimum Gasteiger partial charge on any atom is -0.391 e. The summed E-state index contributed by atoms with van der Waals surface area (Å²) in [5, 5.41) is 12.3. The lowest BCUT2D eigenvalue weighted by molar-refractivity contribution is -0.119. The predicted octanol–water partition coefficient (Wildman–Crippen LogP) is 0.214. The lowest BCUT2D eigenvalue weighted by Gasteiger charge is -2.19. The van der Waals surface area contributed by atoms with Crippen LogP contribution in [0.25, 0.3) is 0 Å². The van der Waals surface area contributed by atoms with Gasteiger partial charge >= 0.3 is 0 Å². The Morgan fingerprint density at radius 3 is 2.88 bits per heavy atom. The van der Waals surface area contributed by atoms with Crippen LogP contribution in [0.5, 0.6) is 0 Å². The van der Waals surface area contributed by atoms with E-state index in [0.717, 1.165) is 0 Å². The molecule has 0 aliphatic carbocycles. The first-order chi connectivity index (χ1) is 8.16. The first-order valence-corrected chi connectivity index (χ1v) is 5.56. The number of nitrogens with one attached hydrogen (secondary N) is 1. The third-order valence-corrected chi connectivity index (χ3v) is 3.26. The van der Waals surface area contributed by atoms with Gasteiger partial charge in [-0.05, 0) is 12.1 Å². The predicted molar refractivity (Wildman–Crippen MR) is 60.5 cm³/mol. The van der Waals surface area contributed by atoms with Crippen LogP contribution in [0.3, 0.4) is 0 Å². The van der Waals surface area contributed by atoms with Gasteiger partial charge in [0.15, 0.2) is 0 Å². The van der Waals surface area contributed by atoms with Crippen molar-refractivity contribution in [3.63, 3.8) is 0 Å². The van der Waals surface area contributed by atoms with Gasteiger partial charge in [-0.15, -0.1) is 0 Å². The van der Waals surface area contributed by atoms with E-state index in [0.29, 0.717) is 17.7 Å². The highest BCUT2D eigenvalue weighted by molar-refractivity contribution is 6.10. The number of benzene rings is 1. The molecule has 2 amide bonds. The van der Waals surface area contributed by atoms with Crippen molar-refractivity contribution in [2.75, 3.05) is 11.9 Å². The van der Waals surface area contributed by atoms with Crippen molar-refractivity contribution in [1.82, 2.24) is 4.90 Å². The molecule has 0 aromatic heterocycles. The molecule has 3 rings (SSSR count). The maximum atomic E-state index is 12.2. The Balaban J connectivity index is 2.08. The Morgan fingerprint density at radius 2 is 2.06 bits per heavy atom. The van der Waals surface area contributed by atoms with Gasteiger partial charge in [-0.3, -0.25) is 9.59 Å². The molecule has 2 atom stereocenters. The molecule has 2 aliphatic heterocycles. The summed E-state index contributed by atoms with van der Waals surface area (Å²) in [5.74, 6) is -0.416. The normalized spacial score (nSPS) is 27.2. The molecule has 2 aliphatic rings. The molecule has 2 heterocycles. The van der Waals surface area contributed by atoms with Gasteiger partial charge in [0.25, 0.3) is 5.91 Å². The van der Waals surface area contributed by atoms with Crippen LogP contribution in [0, 0.1) is 0 Å². The highest BCUT2D eigenvalue weighted by atomic mass is 16.3. The third-order valence-electron chi connectivity index (χ3n) is 3.26. The average Bonchev–Trinajstić information content (AvgIpc) is 2.67. The van der Waals surface area contributed by atoms with Gasteiger partial charge < -0.3 is 15.3 Å². The maximum Gasteiger partial charge on any atom is 0.256 e. The fourth-order valence-corrected chi connectivity index (χ4v) is 2.44. The summed E-state index contributed by atoms with van der Waals surface area (Å²) in [6, 6.07) is 6.38. The molecule has 0 radical (unpaired) electrons. The molecule has 0 bridgehead atoms. The van der Waals surface area contributed by atoms with Gasteiger partial charge in [-0.2, -0.15) is 0 Å². The first-order valence-electron chi connectivity index (χ1n) is 5.56. The number of carbonyl (C=O) groups excluding carboxylic acids is 2. The van der Waals surface area contributed by atoms with Crippen molar-refractivity contribution in [1.29, 1.82) is 0 Å². The van der Waals surface area contributed by atoms with E-state index in [1.54, 1.807) is 24.3 Å². The van der Waals surface area contributed by atoms with E-state index in [4.69, 9.17) is 0 Å². The van der Waals surface area contributed by atoms with Crippen LogP contribution in [-0.4, -0.2) is 40.5 Å². The number of para-hydroxylation sites is 1. The molecule has 1 fully saturated rings. The summed E-state index contributed by atoms with van der Waals surface area (Å²) in [7, 11) is 0. The summed E-state index contributed by atoms with van der Waals surface area (Å²) in [6.07, 6.45) is -0.300. The van der Waals surface area contributed by atoms with Crippen LogP contribution in [-0.2, 0) is 4.79 Å². The number of anilines is 1. The highest BCUT2D eigenvalue weighted by Crippen LogP contribution is 2.28. The van der Waals surface area contributed by atoms with Crippen LogP contribution in [0.1, 0.15) is 16.8 Å². The molecule has 1 aromatic rings. The van der Waals surface area contributed by atoms with Gasteiger partial charge in [0, 0.05) is 13.0 Å². The minimum absolute atomic E-state index is 0.194. The van der Waals surface area contributed by atoms with Crippen molar-refractivity contribution in [3.05, 3.63) is 29.8 Å². The van der Waals surface area contributed by atoms with Crippen molar-refractivity contribution < 1.29 is 14.7 Å². The van der Waals surface area contributed by atoms with E-state index in [2.05, 4.69) is 5.32 Å². The van der Waals surface area contributed by atoms with Gasteiger partial charge in [0.1, 0.15) is 6.04 Å². The van der Waals surface area contributed by atoms with E-state index in [1.807, 2.05) is 0 Å². The second kappa shape index (κ2) is 3.56. The Hall–Kier alpha value is -1.88. The van der Waals surface area contributed by atoms with E-state index in [9.17, 15) is 14.7 Å². The van der Waals surface area contributed by atoms with Crippen molar-refractivity contribution >= 4 is 17.5 Å². The Bertz CT molecular complexity index is 500. The molecule has 5 nitrogen and oxygen atoms in total. The summed E-state index contributed by atoms with van der Waals surface area (Å²) >= 11 is 0. The van der Waals surface area contributed by atoms with Crippen molar-refractivity contribution in [2.24, 2.45) is 0 Å². The van der Waals surface area contributed by atoms with E-state index in [-0.39, 0.29) is 18.4 Å². The van der Waals surface area contributed by atoms with Gasteiger partial charge in [-0.25, -0.2) is 0 Å². The lowest BCUT2D eigenvalue weighted by atomic mass is 10.1. The van der Waals surface area contributed by atoms with E-state index >= 15 is 0 Å². The zero-order valence-corrected chi connectivity index (χ0v) is 9.09. The maximum absolute atomic E-state index is 12.2. The van der Waals surface area contributed by atoms with Gasteiger partial charge in [-0.1, -0.05) is 12.1 Å². The summed E-state index contributed by atoms with van der Waals surface area (Å²) in [6.45, 7) is 0.227. The molecule has 0 unspecified atom stereocenters. The van der Waals surface area contributed by atoms with Crippen LogP contribution in [0.15, 0.2) is 24.3 Å². The standard InChI is InChI=1S/C12H12N2O3/c15-7-5-10-11(16)13-9-4-2-1-3-8(9)12(17)14(10)6-7/h1-4,7,10,15H,5-6H2,(H,13,16)/t7-,10-/m1/s1. The van der Waals surface area contributed by atoms with Crippen molar-refractivity contribution in [3.8, 4) is 0 Å². The fraction of sp³-hybridized carbons (Fsp3) is 0.333. The number of fused-ring (bicyclic) bond motifs is 2. The molecule has 17 heavy (non-hydrogen) atoms. The van der Waals surface area contributed by atoms with Crippen LogP contribution in [0.4, 0.5) is 5.69 Å². The molecular formula is C12H12N2O3. The lowest BCUT2D eigenvalue weighted by Crippen LogP contribution is -2.40. The molecule has 2 N–H and O–H groups in total. The molecular weight excluding hydrogens is 220 g/mol. The summed E-state index contributed by atoms with van der Waals surface area (Å²) < 4.78 is 0. The molecule has 88 valence electrons. The fourth-order valence-electron chi connectivity index (χ4n) is 2.44. The first kappa shape index (κ1) is 10.3. The number of rotatable bonds is 0. The third kappa shape index (κ3) is 1.51. The topological polar surface area (TPSA) is 69.6 Å². The number of hydrogen-bond acceptors (Lipinski definition) is 3. The SMILES string of the molecule is O=C1Nc2ccccc2C(=O)N2C[C@H](O)C[C@H]12. The van der Waals surface area contributed by atoms with Crippen molar-refractivity contribution in [2.45, 2.75) is 18.6 Å². The number of nitrogens with zero attached hydrogens (tertiary/aromatic N) is 1. The molecule has 5 heteroatoms. The van der Waals surface area contributed by atoms with Gasteiger partial charge in [0.2, 0.25) is 5.91 Å². The Kier molecular flexibility index (Phi) is 2.16. The van der Waals surface area contributed by atoms with E-state index in [1.165, 1.54) is 4.90 Å². The second-order valence-electron chi connectivity index (χ2n) is 4.40.